The number of hydrogen-bond acceptors (Lipinski definition) is 0. The Bertz CT molecular complexity index is 496. The van der Waals surface area contributed by atoms with Crippen molar-refractivity contribution in [3.63, 3.8) is 0 Å². The van der Waals surface area contributed by atoms with Gasteiger partial charge in [-0.15, -0.1) is 0 Å². The van der Waals surface area contributed by atoms with E-state index < -0.39 is 0 Å². The highest BCUT2D eigenvalue weighted by Crippen LogP contribution is 2.33. The van der Waals surface area contributed by atoms with Crippen LogP contribution in [0.2, 0.25) is 0 Å². The zero-order valence-corrected chi connectivity index (χ0v) is 8.87. The molecule has 0 N–H and O–H groups in total. The van der Waals surface area contributed by atoms with Gasteiger partial charge < -0.3 is 0 Å². The molecule has 1 aliphatic rings. The lowest BCUT2D eigenvalue weighted by atomic mass is 9.82. The molecular weight excluding hydrogens is 180 g/mol. The smallest absolute Gasteiger partial charge is 0.0159 e. The quantitative estimate of drug-likeness (QED) is 0.594. The molecule has 0 heteroatoms. The van der Waals surface area contributed by atoms with Gasteiger partial charge in [-0.05, 0) is 54.0 Å². The summed E-state index contributed by atoms with van der Waals surface area (Å²) in [6.45, 7) is 4.25. The monoisotopic (exact) mass is 195 g/mol. The molecule has 1 aliphatic carbocycles. The van der Waals surface area contributed by atoms with Gasteiger partial charge in [0, 0.05) is 0 Å². The fourth-order valence-corrected chi connectivity index (χ4v) is 2.60. The van der Waals surface area contributed by atoms with Gasteiger partial charge in [0.25, 0.3) is 0 Å². The van der Waals surface area contributed by atoms with Crippen LogP contribution in [0, 0.1) is 6.92 Å². The molecule has 0 fully saturated rings. The van der Waals surface area contributed by atoms with Gasteiger partial charge in [-0.1, -0.05) is 36.4 Å². The summed E-state index contributed by atoms with van der Waals surface area (Å²) in [4.78, 5) is 0. The van der Waals surface area contributed by atoms with E-state index in [-0.39, 0.29) is 0 Å². The third-order valence-corrected chi connectivity index (χ3v) is 3.45. The molecule has 3 rings (SSSR count). The molecule has 0 saturated carbocycles. The van der Waals surface area contributed by atoms with Crippen molar-refractivity contribution in [2.24, 2.45) is 0 Å². The van der Waals surface area contributed by atoms with Crippen molar-refractivity contribution in [1.29, 1.82) is 0 Å². The zero-order chi connectivity index (χ0) is 10.3. The molecular formula is C15H15. The van der Waals surface area contributed by atoms with Crippen molar-refractivity contribution in [2.45, 2.75) is 25.2 Å². The van der Waals surface area contributed by atoms with Crippen LogP contribution in [0.3, 0.4) is 0 Å². The van der Waals surface area contributed by atoms with Crippen LogP contribution < -0.4 is 0 Å². The molecule has 0 amide bonds. The molecule has 1 atom stereocenters. The molecule has 0 saturated heterocycles. The van der Waals surface area contributed by atoms with Crippen LogP contribution in [0.25, 0.3) is 10.8 Å². The lowest BCUT2D eigenvalue weighted by Gasteiger charge is -2.22. The SMILES string of the molecule is [CH2]C1CCCc2cc3ccccc3cc21. The van der Waals surface area contributed by atoms with Crippen molar-refractivity contribution in [1.82, 2.24) is 0 Å². The first-order valence-electron chi connectivity index (χ1n) is 5.69. The first kappa shape index (κ1) is 8.96. The Morgan fingerprint density at radius 2 is 1.80 bits per heavy atom. The molecule has 2 aromatic carbocycles. The Morgan fingerprint density at radius 3 is 2.60 bits per heavy atom. The van der Waals surface area contributed by atoms with E-state index in [2.05, 4.69) is 43.3 Å². The number of aryl methyl sites for hydroxylation is 1. The third-order valence-electron chi connectivity index (χ3n) is 3.45. The summed E-state index contributed by atoms with van der Waals surface area (Å²) in [6, 6.07) is 13.3. The van der Waals surface area contributed by atoms with Crippen molar-refractivity contribution in [3.8, 4) is 0 Å². The van der Waals surface area contributed by atoms with Gasteiger partial charge in [-0.25, -0.2) is 0 Å². The fourth-order valence-electron chi connectivity index (χ4n) is 2.60. The number of benzene rings is 2. The highest BCUT2D eigenvalue weighted by molar-refractivity contribution is 5.84. The van der Waals surface area contributed by atoms with Crippen LogP contribution in [0.4, 0.5) is 0 Å². The highest BCUT2D eigenvalue weighted by atomic mass is 14.2. The summed E-state index contributed by atoms with van der Waals surface area (Å²) in [5.74, 6) is 0.498. The van der Waals surface area contributed by atoms with Gasteiger partial charge in [0.1, 0.15) is 0 Å². The van der Waals surface area contributed by atoms with E-state index in [1.165, 1.54) is 41.2 Å². The van der Waals surface area contributed by atoms with Crippen LogP contribution in [0.1, 0.15) is 29.9 Å². The maximum absolute atomic E-state index is 4.25. The number of hydrogen-bond donors (Lipinski definition) is 0. The van der Waals surface area contributed by atoms with Crippen LogP contribution in [-0.2, 0) is 6.42 Å². The summed E-state index contributed by atoms with van der Waals surface area (Å²) in [5.41, 5.74) is 2.99. The van der Waals surface area contributed by atoms with Gasteiger partial charge in [0.15, 0.2) is 0 Å². The Hall–Kier alpha value is -1.30. The van der Waals surface area contributed by atoms with Gasteiger partial charge in [0.05, 0.1) is 0 Å². The van der Waals surface area contributed by atoms with Crippen LogP contribution >= 0.6 is 0 Å². The molecule has 0 nitrogen and oxygen atoms in total. The second kappa shape index (κ2) is 3.37. The van der Waals surface area contributed by atoms with Crippen LogP contribution in [0.15, 0.2) is 36.4 Å². The van der Waals surface area contributed by atoms with Crippen molar-refractivity contribution >= 4 is 10.8 Å². The molecule has 0 bridgehead atoms. The maximum atomic E-state index is 4.25. The van der Waals surface area contributed by atoms with E-state index in [0.717, 1.165) is 0 Å². The molecule has 0 aromatic heterocycles. The second-order valence-corrected chi connectivity index (χ2v) is 4.49. The van der Waals surface area contributed by atoms with Gasteiger partial charge in [-0.2, -0.15) is 0 Å². The normalized spacial score (nSPS) is 20.2. The average molecular weight is 195 g/mol. The predicted molar refractivity (Wildman–Crippen MR) is 65.0 cm³/mol. The van der Waals surface area contributed by atoms with Crippen molar-refractivity contribution in [3.05, 3.63) is 54.4 Å². The van der Waals surface area contributed by atoms with E-state index in [1.54, 1.807) is 0 Å². The third kappa shape index (κ3) is 1.45. The first-order valence-corrected chi connectivity index (χ1v) is 5.69. The van der Waals surface area contributed by atoms with Gasteiger partial charge in [-0.3, -0.25) is 0 Å². The summed E-state index contributed by atoms with van der Waals surface area (Å²) in [5, 5.41) is 2.72. The van der Waals surface area contributed by atoms with E-state index in [0.29, 0.717) is 5.92 Å². The Labute approximate surface area is 90.9 Å². The van der Waals surface area contributed by atoms with E-state index in [9.17, 15) is 0 Å². The molecule has 15 heavy (non-hydrogen) atoms. The van der Waals surface area contributed by atoms with Crippen LogP contribution in [0.5, 0.6) is 0 Å². The molecule has 0 aliphatic heterocycles. The van der Waals surface area contributed by atoms with Crippen molar-refractivity contribution < 1.29 is 0 Å². The Balaban J connectivity index is 2.27. The summed E-state index contributed by atoms with van der Waals surface area (Å²) < 4.78 is 0. The minimum Gasteiger partial charge on any atom is -0.0616 e. The van der Waals surface area contributed by atoms with Gasteiger partial charge >= 0.3 is 0 Å². The lowest BCUT2D eigenvalue weighted by molar-refractivity contribution is 0.628. The minimum atomic E-state index is 0.498. The average Bonchev–Trinajstić information content (AvgIpc) is 2.27. The van der Waals surface area contributed by atoms with Gasteiger partial charge in [0.2, 0.25) is 0 Å². The molecule has 2 aromatic rings. The standard InChI is InChI=1S/C15H15/c1-11-5-4-8-14-9-12-6-2-3-7-13(12)10-15(11)14/h2-3,6-7,9-11H,1,4-5,8H2. The molecule has 0 spiro atoms. The van der Waals surface area contributed by atoms with E-state index in [1.807, 2.05) is 0 Å². The minimum absolute atomic E-state index is 0.498. The second-order valence-electron chi connectivity index (χ2n) is 4.49. The molecule has 1 radical (unpaired) electrons. The summed E-state index contributed by atoms with van der Waals surface area (Å²) in [6.07, 6.45) is 3.76. The number of fused-ring (bicyclic) bond motifs is 2. The first-order chi connectivity index (χ1) is 7.34. The van der Waals surface area contributed by atoms with Crippen molar-refractivity contribution in [2.75, 3.05) is 0 Å². The highest BCUT2D eigenvalue weighted by Gasteiger charge is 2.16. The Morgan fingerprint density at radius 1 is 1.07 bits per heavy atom. The number of rotatable bonds is 0. The topological polar surface area (TPSA) is 0 Å². The molecule has 75 valence electrons. The predicted octanol–water partition coefficient (Wildman–Crippen LogP) is 4.09. The fraction of sp³-hybridized carbons (Fsp3) is 0.267. The van der Waals surface area contributed by atoms with E-state index >= 15 is 0 Å². The molecule has 0 heterocycles. The maximum Gasteiger partial charge on any atom is -0.0159 e. The lowest BCUT2D eigenvalue weighted by Crippen LogP contribution is -2.06. The summed E-state index contributed by atoms with van der Waals surface area (Å²) in [7, 11) is 0. The van der Waals surface area contributed by atoms with Crippen LogP contribution in [-0.4, -0.2) is 0 Å². The largest absolute Gasteiger partial charge is 0.0616 e. The van der Waals surface area contributed by atoms with E-state index in [4.69, 9.17) is 0 Å². The molecule has 1 unspecified atom stereocenters. The Kier molecular flexibility index (Phi) is 2.02. The summed E-state index contributed by atoms with van der Waals surface area (Å²) >= 11 is 0. The zero-order valence-electron chi connectivity index (χ0n) is 8.87.